The molecule has 28 heavy (non-hydrogen) atoms. The Morgan fingerprint density at radius 1 is 1.04 bits per heavy atom. The summed E-state index contributed by atoms with van der Waals surface area (Å²) >= 11 is 0. The molecule has 0 heterocycles. The van der Waals surface area contributed by atoms with E-state index >= 15 is 0 Å². The van der Waals surface area contributed by atoms with E-state index < -0.39 is 15.9 Å². The van der Waals surface area contributed by atoms with Crippen LogP contribution in [0.2, 0.25) is 0 Å². The first-order valence-electron chi connectivity index (χ1n) is 8.85. The van der Waals surface area contributed by atoms with E-state index in [1.54, 1.807) is 38.1 Å². The summed E-state index contributed by atoms with van der Waals surface area (Å²) in [5.74, 6) is -0.436. The van der Waals surface area contributed by atoms with Crippen LogP contribution in [0.1, 0.15) is 41.5 Å². The largest absolute Gasteiger partial charge is 0.495 e. The number of ether oxygens (including phenoxy) is 1. The third kappa shape index (κ3) is 4.58. The molecule has 7 nitrogen and oxygen atoms in total. The Balaban J connectivity index is 2.40. The van der Waals surface area contributed by atoms with Crippen molar-refractivity contribution in [3.8, 4) is 5.75 Å². The molecule has 0 saturated carbocycles. The fourth-order valence-electron chi connectivity index (χ4n) is 2.74. The summed E-state index contributed by atoms with van der Waals surface area (Å²) in [7, 11) is -2.43. The number of anilines is 1. The van der Waals surface area contributed by atoms with E-state index in [1.807, 2.05) is 0 Å². The summed E-state index contributed by atoms with van der Waals surface area (Å²) in [5.41, 5.74) is 1.08. The molecule has 0 fully saturated rings. The van der Waals surface area contributed by atoms with Gasteiger partial charge in [0.1, 0.15) is 10.6 Å². The zero-order valence-corrected chi connectivity index (χ0v) is 17.2. The first-order valence-corrected chi connectivity index (χ1v) is 10.3. The van der Waals surface area contributed by atoms with Gasteiger partial charge >= 0.3 is 0 Å². The minimum absolute atomic E-state index is 0.0659. The van der Waals surface area contributed by atoms with Crippen LogP contribution >= 0.6 is 0 Å². The fourth-order valence-corrected chi connectivity index (χ4v) is 4.38. The molecule has 150 valence electrons. The standard InChI is InChI=1S/C20H24N2O5S/c1-5-22(6-2)28(25,26)19-13-16(10-11-18(19)27-4)20(24)21-17-9-7-8-15(12-17)14(3)23/h7-13H,5-6H2,1-4H3,(H,21,24). The highest BCUT2D eigenvalue weighted by molar-refractivity contribution is 7.89. The minimum Gasteiger partial charge on any atom is -0.495 e. The van der Waals surface area contributed by atoms with Crippen LogP contribution in [0.4, 0.5) is 5.69 Å². The van der Waals surface area contributed by atoms with Gasteiger partial charge in [-0.05, 0) is 37.3 Å². The van der Waals surface area contributed by atoms with E-state index in [1.165, 1.54) is 36.5 Å². The summed E-state index contributed by atoms with van der Waals surface area (Å²) in [6.07, 6.45) is 0. The van der Waals surface area contributed by atoms with Crippen molar-refractivity contribution in [1.29, 1.82) is 0 Å². The Morgan fingerprint density at radius 3 is 2.29 bits per heavy atom. The lowest BCUT2D eigenvalue weighted by Crippen LogP contribution is -2.31. The number of methoxy groups -OCH3 is 1. The first kappa shape index (κ1) is 21.6. The second-order valence-corrected chi connectivity index (χ2v) is 7.95. The molecule has 0 aromatic heterocycles. The quantitative estimate of drug-likeness (QED) is 0.682. The van der Waals surface area contributed by atoms with Gasteiger partial charge in [-0.3, -0.25) is 9.59 Å². The van der Waals surface area contributed by atoms with Gasteiger partial charge in [0.25, 0.3) is 5.91 Å². The maximum atomic E-state index is 12.9. The Morgan fingerprint density at radius 2 is 1.71 bits per heavy atom. The molecular weight excluding hydrogens is 380 g/mol. The lowest BCUT2D eigenvalue weighted by atomic mass is 10.1. The lowest BCUT2D eigenvalue weighted by Gasteiger charge is -2.20. The van der Waals surface area contributed by atoms with Crippen LogP contribution < -0.4 is 10.1 Å². The number of Topliss-reactive ketones (excluding diaryl/α,β-unsaturated/α-hetero) is 1. The number of carbonyl (C=O) groups excluding carboxylic acids is 2. The molecule has 0 bridgehead atoms. The van der Waals surface area contributed by atoms with E-state index in [9.17, 15) is 18.0 Å². The maximum absolute atomic E-state index is 12.9. The van der Waals surface area contributed by atoms with Crippen LogP contribution in [0.3, 0.4) is 0 Å². The number of carbonyl (C=O) groups is 2. The minimum atomic E-state index is -3.81. The highest BCUT2D eigenvalue weighted by Crippen LogP contribution is 2.28. The van der Waals surface area contributed by atoms with Crippen molar-refractivity contribution in [2.75, 3.05) is 25.5 Å². The molecular formula is C20H24N2O5S. The van der Waals surface area contributed by atoms with Crippen LogP contribution in [0.25, 0.3) is 0 Å². The van der Waals surface area contributed by atoms with Gasteiger partial charge < -0.3 is 10.1 Å². The molecule has 2 rings (SSSR count). The molecule has 2 aromatic carbocycles. The van der Waals surface area contributed by atoms with Crippen molar-refractivity contribution in [2.45, 2.75) is 25.7 Å². The topological polar surface area (TPSA) is 92.8 Å². The van der Waals surface area contributed by atoms with Gasteiger partial charge in [0.05, 0.1) is 7.11 Å². The average Bonchev–Trinajstić information content (AvgIpc) is 2.68. The Kier molecular flexibility index (Phi) is 6.93. The van der Waals surface area contributed by atoms with Gasteiger partial charge in [-0.1, -0.05) is 26.0 Å². The second kappa shape index (κ2) is 8.99. The molecule has 0 unspecified atom stereocenters. The van der Waals surface area contributed by atoms with Crippen LogP contribution in [0, 0.1) is 0 Å². The Hall–Kier alpha value is -2.71. The van der Waals surface area contributed by atoms with Gasteiger partial charge in [-0.25, -0.2) is 8.42 Å². The molecule has 0 radical (unpaired) electrons. The maximum Gasteiger partial charge on any atom is 0.255 e. The molecule has 8 heteroatoms. The molecule has 0 aliphatic carbocycles. The van der Waals surface area contributed by atoms with Crippen molar-refractivity contribution in [1.82, 2.24) is 4.31 Å². The van der Waals surface area contributed by atoms with Crippen molar-refractivity contribution in [3.05, 3.63) is 53.6 Å². The number of hydrogen-bond acceptors (Lipinski definition) is 5. The lowest BCUT2D eigenvalue weighted by molar-refractivity contribution is 0.101. The third-order valence-corrected chi connectivity index (χ3v) is 6.35. The van der Waals surface area contributed by atoms with Crippen molar-refractivity contribution >= 4 is 27.4 Å². The fraction of sp³-hybridized carbons (Fsp3) is 0.300. The van der Waals surface area contributed by atoms with Gasteiger partial charge in [-0.2, -0.15) is 4.31 Å². The van der Waals surface area contributed by atoms with Crippen LogP contribution in [0.5, 0.6) is 5.75 Å². The van der Waals surface area contributed by atoms with Crippen molar-refractivity contribution in [3.63, 3.8) is 0 Å². The summed E-state index contributed by atoms with van der Waals surface area (Å²) in [5, 5.41) is 2.69. The molecule has 1 N–H and O–H groups in total. The third-order valence-electron chi connectivity index (χ3n) is 4.28. The summed E-state index contributed by atoms with van der Waals surface area (Å²) in [4.78, 5) is 24.1. The number of nitrogens with zero attached hydrogens (tertiary/aromatic N) is 1. The average molecular weight is 404 g/mol. The van der Waals surface area contributed by atoms with Gasteiger partial charge in [0, 0.05) is 29.9 Å². The molecule has 0 aliphatic heterocycles. The number of rotatable bonds is 8. The molecule has 0 aliphatic rings. The van der Waals surface area contributed by atoms with Gasteiger partial charge in [-0.15, -0.1) is 0 Å². The number of benzene rings is 2. The number of hydrogen-bond donors (Lipinski definition) is 1. The first-order chi connectivity index (χ1) is 13.2. The van der Waals surface area contributed by atoms with E-state index in [0.717, 1.165) is 0 Å². The summed E-state index contributed by atoms with van der Waals surface area (Å²) in [6.45, 7) is 5.53. The highest BCUT2D eigenvalue weighted by atomic mass is 32.2. The number of sulfonamides is 1. The molecule has 1 amide bonds. The normalized spacial score (nSPS) is 11.3. The number of amides is 1. The Labute approximate surface area is 165 Å². The SMILES string of the molecule is CCN(CC)S(=O)(=O)c1cc(C(=O)Nc2cccc(C(C)=O)c2)ccc1OC. The molecule has 0 atom stereocenters. The zero-order chi connectivity index (χ0) is 20.9. The predicted octanol–water partition coefficient (Wildman–Crippen LogP) is 3.18. The molecule has 2 aromatic rings. The molecule has 0 saturated heterocycles. The van der Waals surface area contributed by atoms with E-state index in [4.69, 9.17) is 4.74 Å². The summed E-state index contributed by atoms with van der Waals surface area (Å²) in [6, 6.07) is 10.8. The monoisotopic (exact) mass is 404 g/mol. The highest BCUT2D eigenvalue weighted by Gasteiger charge is 2.26. The van der Waals surface area contributed by atoms with E-state index in [0.29, 0.717) is 24.3 Å². The van der Waals surface area contributed by atoms with Crippen LogP contribution in [-0.2, 0) is 10.0 Å². The van der Waals surface area contributed by atoms with E-state index in [-0.39, 0.29) is 22.0 Å². The second-order valence-electron chi connectivity index (χ2n) is 6.05. The zero-order valence-electron chi connectivity index (χ0n) is 16.4. The van der Waals surface area contributed by atoms with Crippen LogP contribution in [-0.4, -0.2) is 44.6 Å². The van der Waals surface area contributed by atoms with Gasteiger partial charge in [0.15, 0.2) is 5.78 Å². The summed E-state index contributed by atoms with van der Waals surface area (Å²) < 4.78 is 32.3. The van der Waals surface area contributed by atoms with Crippen LogP contribution in [0.15, 0.2) is 47.4 Å². The number of nitrogens with one attached hydrogen (secondary N) is 1. The number of ketones is 1. The van der Waals surface area contributed by atoms with E-state index in [2.05, 4.69) is 5.32 Å². The van der Waals surface area contributed by atoms with Crippen molar-refractivity contribution < 1.29 is 22.7 Å². The van der Waals surface area contributed by atoms with Gasteiger partial charge in [0.2, 0.25) is 10.0 Å². The van der Waals surface area contributed by atoms with Crippen molar-refractivity contribution in [2.24, 2.45) is 0 Å². The predicted molar refractivity (Wildman–Crippen MR) is 108 cm³/mol. The molecule has 0 spiro atoms. The smallest absolute Gasteiger partial charge is 0.255 e. The Bertz CT molecular complexity index is 982.